The zero-order chi connectivity index (χ0) is 18.7. The standard InChI is InChI=1S/C23H27NO2/c1-15-8-10-16(11-9-15)21(26)24-13-12-23(4)18-6-5-7-19(25)17(18)14-20(24)22(23,2)3/h5-11,20,25H,12-14H2,1-4H3/t20-,23?/m1/s1. The summed E-state index contributed by atoms with van der Waals surface area (Å²) < 4.78 is 0. The van der Waals surface area contributed by atoms with Crippen molar-refractivity contribution in [3.63, 3.8) is 0 Å². The van der Waals surface area contributed by atoms with Crippen LogP contribution >= 0.6 is 0 Å². The molecule has 1 unspecified atom stereocenters. The molecule has 1 N–H and O–H groups in total. The number of aromatic hydroxyl groups is 1. The molecule has 1 heterocycles. The lowest BCUT2D eigenvalue weighted by Crippen LogP contribution is -2.64. The van der Waals surface area contributed by atoms with Gasteiger partial charge in [-0.2, -0.15) is 0 Å². The predicted octanol–water partition coefficient (Wildman–Crippen LogP) is 4.46. The number of benzene rings is 2. The van der Waals surface area contributed by atoms with Gasteiger partial charge in [-0.1, -0.05) is 50.6 Å². The van der Waals surface area contributed by atoms with E-state index in [0.29, 0.717) is 12.2 Å². The van der Waals surface area contributed by atoms with Crippen LogP contribution in [0.4, 0.5) is 0 Å². The van der Waals surface area contributed by atoms with E-state index in [2.05, 4.69) is 26.8 Å². The normalized spacial score (nSPS) is 26.3. The third kappa shape index (κ3) is 2.22. The molecule has 2 aromatic rings. The maximum absolute atomic E-state index is 13.3. The van der Waals surface area contributed by atoms with Gasteiger partial charge in [-0.15, -0.1) is 0 Å². The minimum Gasteiger partial charge on any atom is -0.508 e. The first-order valence-electron chi connectivity index (χ1n) is 9.45. The van der Waals surface area contributed by atoms with Crippen molar-refractivity contribution in [3.05, 3.63) is 64.7 Å². The van der Waals surface area contributed by atoms with E-state index in [1.807, 2.05) is 42.2 Å². The van der Waals surface area contributed by atoms with Gasteiger partial charge in [0.15, 0.2) is 0 Å². The van der Waals surface area contributed by atoms with Crippen LogP contribution in [0.2, 0.25) is 0 Å². The highest BCUT2D eigenvalue weighted by Crippen LogP contribution is 2.57. The predicted molar refractivity (Wildman–Crippen MR) is 104 cm³/mol. The van der Waals surface area contributed by atoms with Crippen molar-refractivity contribution in [1.82, 2.24) is 4.90 Å². The number of rotatable bonds is 1. The summed E-state index contributed by atoms with van der Waals surface area (Å²) in [6.07, 6.45) is 1.62. The minimum atomic E-state index is -0.0631. The quantitative estimate of drug-likeness (QED) is 0.826. The average molecular weight is 349 g/mol. The Balaban J connectivity index is 1.78. The number of nitrogens with zero attached hydrogens (tertiary/aromatic N) is 1. The number of carbonyl (C=O) groups is 1. The number of phenolic OH excluding ortho intramolecular Hbond substituents is 1. The Labute approximate surface area is 155 Å². The van der Waals surface area contributed by atoms with E-state index in [0.717, 1.165) is 29.7 Å². The van der Waals surface area contributed by atoms with E-state index >= 15 is 0 Å². The van der Waals surface area contributed by atoms with Gasteiger partial charge in [0.05, 0.1) is 0 Å². The number of carbonyl (C=O) groups excluding carboxylic acids is 1. The van der Waals surface area contributed by atoms with Gasteiger partial charge in [0.2, 0.25) is 0 Å². The van der Waals surface area contributed by atoms with E-state index in [-0.39, 0.29) is 22.8 Å². The molecule has 136 valence electrons. The van der Waals surface area contributed by atoms with Gasteiger partial charge in [0, 0.05) is 23.6 Å². The summed E-state index contributed by atoms with van der Waals surface area (Å²) in [5.41, 5.74) is 4.06. The molecule has 1 fully saturated rings. The van der Waals surface area contributed by atoms with Crippen molar-refractivity contribution < 1.29 is 9.90 Å². The van der Waals surface area contributed by atoms with Crippen LogP contribution in [0.15, 0.2) is 42.5 Å². The topological polar surface area (TPSA) is 40.5 Å². The fraction of sp³-hybridized carbons (Fsp3) is 0.435. The molecule has 2 atom stereocenters. The van der Waals surface area contributed by atoms with E-state index in [1.54, 1.807) is 6.07 Å². The molecule has 2 aliphatic rings. The fourth-order valence-corrected chi connectivity index (χ4v) is 5.03. The first kappa shape index (κ1) is 17.1. The molecule has 3 nitrogen and oxygen atoms in total. The minimum absolute atomic E-state index is 0.0476. The van der Waals surface area contributed by atoms with Crippen LogP contribution in [0.1, 0.15) is 54.2 Å². The third-order valence-corrected chi connectivity index (χ3v) is 7.19. The Kier molecular flexibility index (Phi) is 3.69. The van der Waals surface area contributed by atoms with Gasteiger partial charge in [0.25, 0.3) is 5.91 Å². The molecule has 4 rings (SSSR count). The van der Waals surface area contributed by atoms with Gasteiger partial charge in [0.1, 0.15) is 5.75 Å². The highest BCUT2D eigenvalue weighted by molar-refractivity contribution is 5.94. The number of likely N-dealkylation sites (tertiary alicyclic amines) is 1. The fourth-order valence-electron chi connectivity index (χ4n) is 5.03. The van der Waals surface area contributed by atoms with Crippen LogP contribution in [-0.2, 0) is 11.8 Å². The number of piperidine rings is 1. The zero-order valence-corrected chi connectivity index (χ0v) is 16.0. The van der Waals surface area contributed by atoms with Crippen molar-refractivity contribution in [3.8, 4) is 5.75 Å². The van der Waals surface area contributed by atoms with E-state index in [9.17, 15) is 9.90 Å². The lowest BCUT2D eigenvalue weighted by Gasteiger charge is -2.60. The SMILES string of the molecule is Cc1ccc(C(=O)N2CCC3(C)c4cccc(O)c4C[C@@H]2C3(C)C)cc1. The van der Waals surface area contributed by atoms with E-state index < -0.39 is 0 Å². The maximum atomic E-state index is 13.3. The number of amides is 1. The van der Waals surface area contributed by atoms with Crippen LogP contribution in [-0.4, -0.2) is 28.5 Å². The summed E-state index contributed by atoms with van der Waals surface area (Å²) in [5.74, 6) is 0.461. The third-order valence-electron chi connectivity index (χ3n) is 7.19. The monoisotopic (exact) mass is 349 g/mol. The zero-order valence-electron chi connectivity index (χ0n) is 16.0. The molecule has 1 amide bonds. The number of aryl methyl sites for hydroxylation is 1. The Morgan fingerprint density at radius 2 is 1.81 bits per heavy atom. The van der Waals surface area contributed by atoms with Crippen LogP contribution in [0.3, 0.4) is 0 Å². The largest absolute Gasteiger partial charge is 0.508 e. The van der Waals surface area contributed by atoms with Crippen LogP contribution in [0.25, 0.3) is 0 Å². The Bertz CT molecular complexity index is 868. The molecular weight excluding hydrogens is 322 g/mol. The second kappa shape index (κ2) is 5.60. The van der Waals surface area contributed by atoms with Crippen LogP contribution in [0, 0.1) is 12.3 Å². The molecule has 2 aromatic carbocycles. The van der Waals surface area contributed by atoms with Gasteiger partial charge < -0.3 is 10.0 Å². The molecule has 3 heteroatoms. The first-order valence-corrected chi connectivity index (χ1v) is 9.45. The van der Waals surface area contributed by atoms with Crippen molar-refractivity contribution in [2.24, 2.45) is 5.41 Å². The molecule has 0 aromatic heterocycles. The smallest absolute Gasteiger partial charge is 0.254 e. The summed E-state index contributed by atoms with van der Waals surface area (Å²) in [6.45, 7) is 9.64. The first-order chi connectivity index (χ1) is 12.3. The molecule has 1 saturated heterocycles. The molecule has 26 heavy (non-hydrogen) atoms. The van der Waals surface area contributed by atoms with E-state index in [1.165, 1.54) is 5.56 Å². The number of fused-ring (bicyclic) bond motifs is 4. The summed E-state index contributed by atoms with van der Waals surface area (Å²) in [6, 6.07) is 13.8. The van der Waals surface area contributed by atoms with Crippen LogP contribution in [0.5, 0.6) is 5.75 Å². The number of phenols is 1. The molecular formula is C23H27NO2. The highest BCUT2D eigenvalue weighted by atomic mass is 16.3. The molecule has 2 bridgehead atoms. The van der Waals surface area contributed by atoms with Gasteiger partial charge in [-0.25, -0.2) is 0 Å². The summed E-state index contributed by atoms with van der Waals surface area (Å²) >= 11 is 0. The Morgan fingerprint density at radius 1 is 1.12 bits per heavy atom. The average Bonchev–Trinajstić information content (AvgIpc) is 2.59. The van der Waals surface area contributed by atoms with Gasteiger partial charge in [-0.05, 0) is 54.5 Å². The molecule has 1 aliphatic carbocycles. The highest BCUT2D eigenvalue weighted by Gasteiger charge is 2.57. The van der Waals surface area contributed by atoms with Crippen molar-refractivity contribution >= 4 is 5.91 Å². The second-order valence-electron chi connectivity index (χ2n) is 8.69. The summed E-state index contributed by atoms with van der Waals surface area (Å²) in [7, 11) is 0. The van der Waals surface area contributed by atoms with Gasteiger partial charge in [-0.3, -0.25) is 4.79 Å². The van der Waals surface area contributed by atoms with Crippen molar-refractivity contribution in [1.29, 1.82) is 0 Å². The van der Waals surface area contributed by atoms with Gasteiger partial charge >= 0.3 is 0 Å². The molecule has 0 radical (unpaired) electrons. The van der Waals surface area contributed by atoms with Crippen LogP contribution < -0.4 is 0 Å². The second-order valence-corrected chi connectivity index (χ2v) is 8.69. The number of hydrogen-bond donors (Lipinski definition) is 1. The molecule has 0 saturated carbocycles. The Morgan fingerprint density at radius 3 is 2.50 bits per heavy atom. The summed E-state index contributed by atoms with van der Waals surface area (Å²) in [5, 5.41) is 10.5. The molecule has 1 aliphatic heterocycles. The molecule has 0 spiro atoms. The lowest BCUT2D eigenvalue weighted by molar-refractivity contribution is -0.0266. The van der Waals surface area contributed by atoms with E-state index in [4.69, 9.17) is 0 Å². The lowest BCUT2D eigenvalue weighted by atomic mass is 9.51. The Hall–Kier alpha value is -2.29. The maximum Gasteiger partial charge on any atom is 0.254 e. The van der Waals surface area contributed by atoms with Crippen molar-refractivity contribution in [2.75, 3.05) is 6.54 Å². The van der Waals surface area contributed by atoms with Crippen molar-refractivity contribution in [2.45, 2.75) is 52.0 Å². The number of hydrogen-bond acceptors (Lipinski definition) is 2. The summed E-state index contributed by atoms with van der Waals surface area (Å²) in [4.78, 5) is 15.3.